The molecule has 1 aliphatic heterocycles. The highest BCUT2D eigenvalue weighted by atomic mass is 16.7. The Hall–Kier alpha value is -4.06. The van der Waals surface area contributed by atoms with E-state index in [-0.39, 0.29) is 11.2 Å². The molecule has 0 spiro atoms. The first-order valence-electron chi connectivity index (χ1n) is 13.6. The van der Waals surface area contributed by atoms with Crippen LogP contribution in [0.3, 0.4) is 0 Å². The molecule has 3 aromatic heterocycles. The van der Waals surface area contributed by atoms with Gasteiger partial charge in [-0.3, -0.25) is 0 Å². The molecule has 5 aromatic carbocycles. The average Bonchev–Trinajstić information content (AvgIpc) is 3.61. The molecule has 0 saturated carbocycles. The summed E-state index contributed by atoms with van der Waals surface area (Å²) in [5, 5.41) is 9.74. The molecule has 0 amide bonds. The molecule has 8 aromatic rings. The fourth-order valence-corrected chi connectivity index (χ4v) is 6.59. The molecule has 0 atom stereocenters. The zero-order chi connectivity index (χ0) is 26.3. The summed E-state index contributed by atoms with van der Waals surface area (Å²) in [6, 6.07) is 30.7. The lowest BCUT2D eigenvalue weighted by Crippen LogP contribution is -2.41. The van der Waals surface area contributed by atoms with Gasteiger partial charge in [0.25, 0.3) is 0 Å². The number of hydrogen-bond acceptors (Lipinski definition) is 3. The average molecular weight is 507 g/mol. The van der Waals surface area contributed by atoms with Crippen LogP contribution in [0.2, 0.25) is 0 Å². The van der Waals surface area contributed by atoms with E-state index in [2.05, 4.69) is 111 Å². The Kier molecular flexibility index (Phi) is 3.88. The normalized spacial score (nSPS) is 17.4. The van der Waals surface area contributed by atoms with Gasteiger partial charge in [0.1, 0.15) is 11.2 Å². The summed E-state index contributed by atoms with van der Waals surface area (Å²) in [5.41, 5.74) is 5.79. The maximum absolute atomic E-state index is 6.37. The lowest BCUT2D eigenvalue weighted by Gasteiger charge is -2.32. The largest absolute Gasteiger partial charge is 0.494 e. The van der Waals surface area contributed by atoms with Crippen LogP contribution in [0.5, 0.6) is 0 Å². The lowest BCUT2D eigenvalue weighted by molar-refractivity contribution is 0.00578. The van der Waals surface area contributed by atoms with Gasteiger partial charge in [-0.05, 0) is 80.3 Å². The number of rotatable bonds is 1. The van der Waals surface area contributed by atoms with Crippen LogP contribution >= 0.6 is 0 Å². The fourth-order valence-electron chi connectivity index (χ4n) is 6.59. The van der Waals surface area contributed by atoms with Gasteiger partial charge in [-0.1, -0.05) is 48.5 Å². The van der Waals surface area contributed by atoms with Crippen molar-refractivity contribution in [2.45, 2.75) is 38.9 Å². The highest BCUT2D eigenvalue weighted by molar-refractivity contribution is 6.62. The van der Waals surface area contributed by atoms with Crippen LogP contribution < -0.4 is 5.46 Å². The van der Waals surface area contributed by atoms with E-state index in [1.165, 1.54) is 48.9 Å². The smallest absolute Gasteiger partial charge is 0.456 e. The van der Waals surface area contributed by atoms with Gasteiger partial charge in [-0.2, -0.15) is 0 Å². The van der Waals surface area contributed by atoms with Crippen molar-refractivity contribution in [3.05, 3.63) is 84.9 Å². The van der Waals surface area contributed by atoms with Crippen molar-refractivity contribution in [3.8, 4) is 0 Å². The van der Waals surface area contributed by atoms with Gasteiger partial charge < -0.3 is 18.1 Å². The van der Waals surface area contributed by atoms with Gasteiger partial charge in [0.2, 0.25) is 0 Å². The van der Waals surface area contributed by atoms with Gasteiger partial charge >= 0.3 is 7.12 Å². The molecule has 0 unspecified atom stereocenters. The molecule has 39 heavy (non-hydrogen) atoms. The monoisotopic (exact) mass is 507 g/mol. The summed E-state index contributed by atoms with van der Waals surface area (Å²) >= 11 is 0. The number of nitrogens with zero attached hydrogens (tertiary/aromatic N) is 1. The maximum Gasteiger partial charge on any atom is 0.494 e. The Bertz CT molecular complexity index is 2290. The molecule has 0 bridgehead atoms. The second-order valence-corrected chi connectivity index (χ2v) is 12.1. The highest BCUT2D eigenvalue weighted by Crippen LogP contribution is 2.42. The Balaban J connectivity index is 1.29. The van der Waals surface area contributed by atoms with Gasteiger partial charge in [-0.25, -0.2) is 0 Å². The van der Waals surface area contributed by atoms with Crippen LogP contribution in [0.25, 0.3) is 70.8 Å². The summed E-state index contributed by atoms with van der Waals surface area (Å²) in [6.07, 6.45) is 0. The van der Waals surface area contributed by atoms with Crippen LogP contribution in [-0.4, -0.2) is 22.7 Å². The topological polar surface area (TPSA) is 36.0 Å². The molecule has 1 aliphatic rings. The zero-order valence-electron chi connectivity index (χ0n) is 22.3. The highest BCUT2D eigenvalue weighted by Gasteiger charge is 2.51. The van der Waals surface area contributed by atoms with Gasteiger partial charge in [0, 0.05) is 32.3 Å². The Morgan fingerprint density at radius 3 is 2.05 bits per heavy atom. The molecule has 0 aliphatic carbocycles. The number of fused-ring (bicyclic) bond motifs is 10. The van der Waals surface area contributed by atoms with E-state index >= 15 is 0 Å². The summed E-state index contributed by atoms with van der Waals surface area (Å²) in [5.74, 6) is 0. The standard InChI is InChI=1S/C34H26BNO3/c1-33(2)34(3,4)39-35(38-33)21-12-13-30-27(18-21)26-15-19-14-25-24-10-7-9-23-22-8-5-6-11-28(22)36(32(23)24)29(25)16-20(19)17-31(26)37-30/h5-18H,1-4H3. The minimum atomic E-state index is -0.404. The molecule has 188 valence electrons. The summed E-state index contributed by atoms with van der Waals surface area (Å²) in [7, 11) is -0.404. The van der Waals surface area contributed by atoms with Crippen molar-refractivity contribution in [2.75, 3.05) is 0 Å². The summed E-state index contributed by atoms with van der Waals surface area (Å²) in [6.45, 7) is 8.35. The molecule has 1 saturated heterocycles. The van der Waals surface area contributed by atoms with Crippen molar-refractivity contribution in [2.24, 2.45) is 0 Å². The Morgan fingerprint density at radius 2 is 1.23 bits per heavy atom. The summed E-state index contributed by atoms with van der Waals surface area (Å²) < 4.78 is 21.5. The third-order valence-electron chi connectivity index (χ3n) is 9.32. The fraction of sp³-hybridized carbons (Fsp3) is 0.176. The first-order chi connectivity index (χ1) is 18.8. The first kappa shape index (κ1) is 21.8. The zero-order valence-corrected chi connectivity index (χ0v) is 22.3. The number of hydrogen-bond donors (Lipinski definition) is 0. The molecule has 0 radical (unpaired) electrons. The number of benzene rings is 5. The van der Waals surface area contributed by atoms with Gasteiger partial charge in [0.15, 0.2) is 0 Å². The predicted octanol–water partition coefficient (Wildman–Crippen LogP) is 8.19. The molecule has 5 heteroatoms. The number of para-hydroxylation sites is 2. The lowest BCUT2D eigenvalue weighted by atomic mass is 9.78. The molecular formula is C34H26BNO3. The quantitative estimate of drug-likeness (QED) is 0.210. The van der Waals surface area contributed by atoms with Gasteiger partial charge in [0.05, 0.1) is 27.8 Å². The van der Waals surface area contributed by atoms with E-state index in [4.69, 9.17) is 13.7 Å². The number of aromatic nitrogens is 1. The van der Waals surface area contributed by atoms with Crippen LogP contribution in [0, 0.1) is 0 Å². The minimum Gasteiger partial charge on any atom is -0.456 e. The van der Waals surface area contributed by atoms with Crippen LogP contribution in [0.1, 0.15) is 27.7 Å². The third-order valence-corrected chi connectivity index (χ3v) is 9.32. The van der Waals surface area contributed by atoms with Crippen molar-refractivity contribution in [1.29, 1.82) is 0 Å². The van der Waals surface area contributed by atoms with Crippen molar-refractivity contribution in [1.82, 2.24) is 4.40 Å². The number of furan rings is 1. The first-order valence-corrected chi connectivity index (χ1v) is 13.6. The summed E-state index contributed by atoms with van der Waals surface area (Å²) in [4.78, 5) is 0. The predicted molar refractivity (Wildman–Crippen MR) is 162 cm³/mol. The Morgan fingerprint density at radius 1 is 0.564 bits per heavy atom. The molecular weight excluding hydrogens is 481 g/mol. The molecule has 4 nitrogen and oxygen atoms in total. The van der Waals surface area contributed by atoms with E-state index in [9.17, 15) is 0 Å². The van der Waals surface area contributed by atoms with Crippen LogP contribution in [0.4, 0.5) is 0 Å². The minimum absolute atomic E-state index is 0.380. The van der Waals surface area contributed by atoms with Crippen LogP contribution in [0.15, 0.2) is 89.3 Å². The van der Waals surface area contributed by atoms with Crippen molar-refractivity contribution in [3.63, 3.8) is 0 Å². The van der Waals surface area contributed by atoms with Crippen molar-refractivity contribution < 1.29 is 13.7 Å². The molecule has 1 fully saturated rings. The van der Waals surface area contributed by atoms with E-state index < -0.39 is 7.12 Å². The van der Waals surface area contributed by atoms with E-state index in [1.807, 2.05) is 6.07 Å². The Labute approximate surface area is 225 Å². The molecule has 9 rings (SSSR count). The van der Waals surface area contributed by atoms with Crippen molar-refractivity contribution >= 4 is 83.4 Å². The van der Waals surface area contributed by atoms with Gasteiger partial charge in [-0.15, -0.1) is 0 Å². The maximum atomic E-state index is 6.37. The second-order valence-electron chi connectivity index (χ2n) is 12.1. The SMILES string of the molecule is CC1(C)OB(c2ccc3oc4cc5cc6c(cc5cc4c3c2)c2cccc3c4ccccc4n6c32)OC1(C)C. The van der Waals surface area contributed by atoms with Crippen LogP contribution in [-0.2, 0) is 9.31 Å². The molecule has 4 heterocycles. The molecule has 0 N–H and O–H groups in total. The van der Waals surface area contributed by atoms with E-state index in [0.717, 1.165) is 27.4 Å². The van der Waals surface area contributed by atoms with E-state index in [1.54, 1.807) is 0 Å². The third kappa shape index (κ3) is 2.72. The van der Waals surface area contributed by atoms with E-state index in [0.29, 0.717) is 0 Å². The second kappa shape index (κ2) is 6.92.